The van der Waals surface area contributed by atoms with Crippen LogP contribution in [-0.2, 0) is 4.74 Å². The van der Waals surface area contributed by atoms with Crippen LogP contribution in [0, 0.1) is 5.82 Å². The van der Waals surface area contributed by atoms with Gasteiger partial charge in [0.25, 0.3) is 0 Å². The van der Waals surface area contributed by atoms with E-state index >= 15 is 0 Å². The van der Waals surface area contributed by atoms with Gasteiger partial charge in [0.1, 0.15) is 16.5 Å². The van der Waals surface area contributed by atoms with E-state index in [1.807, 2.05) is 0 Å². The number of carbonyl (C=O) groups excluding carboxylic acids is 1. The highest BCUT2D eigenvalue weighted by molar-refractivity contribution is 7.17. The summed E-state index contributed by atoms with van der Waals surface area (Å²) < 4.78 is 18.3. The number of benzene rings is 1. The van der Waals surface area contributed by atoms with E-state index in [1.54, 1.807) is 24.4 Å². The summed E-state index contributed by atoms with van der Waals surface area (Å²) in [6, 6.07) is 6.49. The number of rotatable bonds is 4. The molecule has 0 N–H and O–H groups in total. The normalized spacial score (nSPS) is 14.5. The Morgan fingerprint density at radius 3 is 2.54 bits per heavy atom. The highest BCUT2D eigenvalue weighted by atomic mass is 35.5. The average molecular weight is 421 g/mol. The van der Waals surface area contributed by atoms with Crippen LogP contribution in [0.25, 0.3) is 10.2 Å². The third-order valence-electron chi connectivity index (χ3n) is 4.65. The van der Waals surface area contributed by atoms with Crippen molar-refractivity contribution in [1.82, 2.24) is 9.97 Å². The van der Waals surface area contributed by atoms with E-state index in [2.05, 4.69) is 19.8 Å². The molecule has 1 aliphatic rings. The number of aromatic nitrogens is 2. The monoisotopic (exact) mass is 420 g/mol. The Kier molecular flexibility index (Phi) is 5.32. The lowest BCUT2D eigenvalue weighted by Gasteiger charge is -2.37. The molecule has 0 spiro atoms. The van der Waals surface area contributed by atoms with Gasteiger partial charge >= 0.3 is 5.97 Å². The van der Waals surface area contributed by atoms with Crippen molar-refractivity contribution in [2.24, 2.45) is 0 Å². The van der Waals surface area contributed by atoms with Gasteiger partial charge < -0.3 is 14.5 Å². The number of hydrogen-bond donors (Lipinski definition) is 0. The van der Waals surface area contributed by atoms with E-state index in [1.165, 1.54) is 23.5 Å². The van der Waals surface area contributed by atoms with Crippen molar-refractivity contribution in [3.05, 3.63) is 46.3 Å². The molecule has 28 heavy (non-hydrogen) atoms. The predicted octanol–water partition coefficient (Wildman–Crippen LogP) is 3.99. The van der Waals surface area contributed by atoms with Gasteiger partial charge in [0.15, 0.2) is 0 Å². The van der Waals surface area contributed by atoms with E-state index in [0.29, 0.717) is 41.3 Å². The van der Waals surface area contributed by atoms with Crippen LogP contribution in [0.5, 0.6) is 0 Å². The fraction of sp³-hybridized carbons (Fsp3) is 0.316. The minimum absolute atomic E-state index is 0.153. The number of halogens is 2. The number of hydrogen-bond acceptors (Lipinski definition) is 7. The standard InChI is InChI=1S/C19H18ClFN4O2S/c1-2-27-18(26)14-11-28-17-15(14)16(22-19(20)23-17)25-9-7-24(8-10-25)13-5-3-12(21)4-6-13/h3-6,11H,2,7-10H2,1H3. The van der Waals surface area contributed by atoms with Crippen LogP contribution < -0.4 is 9.80 Å². The quantitative estimate of drug-likeness (QED) is 0.470. The van der Waals surface area contributed by atoms with Crippen molar-refractivity contribution >= 4 is 50.6 Å². The molecule has 0 radical (unpaired) electrons. The zero-order valence-electron chi connectivity index (χ0n) is 15.2. The lowest BCUT2D eigenvalue weighted by atomic mass is 10.2. The molecule has 0 amide bonds. The molecule has 0 atom stereocenters. The Bertz CT molecular complexity index is 1000. The van der Waals surface area contributed by atoms with Gasteiger partial charge in [-0.3, -0.25) is 0 Å². The van der Waals surface area contributed by atoms with Gasteiger partial charge in [-0.05, 0) is 42.8 Å². The topological polar surface area (TPSA) is 58.6 Å². The Morgan fingerprint density at radius 1 is 1.18 bits per heavy atom. The number of esters is 1. The predicted molar refractivity (Wildman–Crippen MR) is 109 cm³/mol. The van der Waals surface area contributed by atoms with Crippen molar-refractivity contribution in [2.75, 3.05) is 42.6 Å². The van der Waals surface area contributed by atoms with Gasteiger partial charge in [-0.2, -0.15) is 4.98 Å². The van der Waals surface area contributed by atoms with E-state index in [-0.39, 0.29) is 17.1 Å². The smallest absolute Gasteiger partial charge is 0.339 e. The maximum absolute atomic E-state index is 13.2. The molecule has 0 bridgehead atoms. The minimum atomic E-state index is -0.383. The second-order valence-electron chi connectivity index (χ2n) is 6.32. The van der Waals surface area contributed by atoms with Crippen LogP contribution in [0.4, 0.5) is 15.9 Å². The van der Waals surface area contributed by atoms with Crippen molar-refractivity contribution < 1.29 is 13.9 Å². The fourth-order valence-electron chi connectivity index (χ4n) is 3.31. The summed E-state index contributed by atoms with van der Waals surface area (Å²) in [5, 5.41) is 2.58. The maximum Gasteiger partial charge on any atom is 0.339 e. The van der Waals surface area contributed by atoms with Crippen LogP contribution in [0.15, 0.2) is 29.6 Å². The van der Waals surface area contributed by atoms with E-state index in [4.69, 9.17) is 16.3 Å². The molecule has 3 aromatic rings. The summed E-state index contributed by atoms with van der Waals surface area (Å²) in [6.07, 6.45) is 0. The van der Waals surface area contributed by atoms with Crippen molar-refractivity contribution in [1.29, 1.82) is 0 Å². The molecule has 4 rings (SSSR count). The molecular formula is C19H18ClFN4O2S. The van der Waals surface area contributed by atoms with Gasteiger partial charge in [-0.15, -0.1) is 11.3 Å². The number of anilines is 2. The van der Waals surface area contributed by atoms with Gasteiger partial charge in [0, 0.05) is 37.2 Å². The van der Waals surface area contributed by atoms with E-state index in [0.717, 1.165) is 18.8 Å². The Balaban J connectivity index is 1.61. The van der Waals surface area contributed by atoms with Crippen LogP contribution in [0.1, 0.15) is 17.3 Å². The highest BCUT2D eigenvalue weighted by Gasteiger charge is 2.25. The molecule has 1 aliphatic heterocycles. The molecular weight excluding hydrogens is 403 g/mol. The molecule has 1 aromatic carbocycles. The average Bonchev–Trinajstić information content (AvgIpc) is 3.12. The lowest BCUT2D eigenvalue weighted by molar-refractivity contribution is 0.0529. The van der Waals surface area contributed by atoms with Gasteiger partial charge in [-0.25, -0.2) is 14.2 Å². The third kappa shape index (κ3) is 3.62. The number of nitrogens with zero attached hydrogens (tertiary/aromatic N) is 4. The largest absolute Gasteiger partial charge is 0.462 e. The number of ether oxygens (including phenoxy) is 1. The first-order chi connectivity index (χ1) is 13.6. The summed E-state index contributed by atoms with van der Waals surface area (Å²) in [5.41, 5.74) is 1.45. The molecule has 6 nitrogen and oxygen atoms in total. The molecule has 1 fully saturated rings. The molecule has 146 valence electrons. The molecule has 0 aliphatic carbocycles. The molecule has 0 saturated carbocycles. The number of thiophene rings is 1. The molecule has 1 saturated heterocycles. The van der Waals surface area contributed by atoms with Gasteiger partial charge in [-0.1, -0.05) is 0 Å². The van der Waals surface area contributed by atoms with Crippen LogP contribution in [-0.4, -0.2) is 48.7 Å². The summed E-state index contributed by atoms with van der Waals surface area (Å²) >= 11 is 7.48. The number of piperazine rings is 1. The molecule has 3 heterocycles. The number of fused-ring (bicyclic) bond motifs is 1. The molecule has 0 unspecified atom stereocenters. The number of carbonyl (C=O) groups is 1. The first-order valence-corrected chi connectivity index (χ1v) is 10.2. The lowest BCUT2D eigenvalue weighted by Crippen LogP contribution is -2.47. The summed E-state index contributed by atoms with van der Waals surface area (Å²) in [5.74, 6) is 0.0216. The maximum atomic E-state index is 13.2. The molecule has 2 aromatic heterocycles. The van der Waals surface area contributed by atoms with Gasteiger partial charge in [0.2, 0.25) is 5.28 Å². The Morgan fingerprint density at radius 2 is 1.86 bits per heavy atom. The zero-order valence-corrected chi connectivity index (χ0v) is 16.8. The van der Waals surface area contributed by atoms with Crippen molar-refractivity contribution in [3.8, 4) is 0 Å². The Hall–Kier alpha value is -2.45. The van der Waals surface area contributed by atoms with Crippen LogP contribution in [0.3, 0.4) is 0 Å². The fourth-order valence-corrected chi connectivity index (χ4v) is 4.43. The first-order valence-electron chi connectivity index (χ1n) is 8.94. The Labute approximate surface area is 170 Å². The first kappa shape index (κ1) is 18.9. The van der Waals surface area contributed by atoms with E-state index in [9.17, 15) is 9.18 Å². The SMILES string of the molecule is CCOC(=O)c1csc2nc(Cl)nc(N3CCN(c4ccc(F)cc4)CC3)c12. The summed E-state index contributed by atoms with van der Waals surface area (Å²) in [6.45, 7) is 4.95. The highest BCUT2D eigenvalue weighted by Crippen LogP contribution is 2.34. The molecule has 9 heteroatoms. The van der Waals surface area contributed by atoms with E-state index < -0.39 is 0 Å². The third-order valence-corrected chi connectivity index (χ3v) is 5.69. The summed E-state index contributed by atoms with van der Waals surface area (Å²) in [4.78, 5) is 26.0. The van der Waals surface area contributed by atoms with Crippen LogP contribution in [0.2, 0.25) is 5.28 Å². The summed E-state index contributed by atoms with van der Waals surface area (Å²) in [7, 11) is 0. The zero-order chi connectivity index (χ0) is 19.7. The minimum Gasteiger partial charge on any atom is -0.462 e. The van der Waals surface area contributed by atoms with Crippen molar-refractivity contribution in [3.63, 3.8) is 0 Å². The van der Waals surface area contributed by atoms with Crippen molar-refractivity contribution in [2.45, 2.75) is 6.92 Å². The van der Waals surface area contributed by atoms with Gasteiger partial charge in [0.05, 0.1) is 17.6 Å². The van der Waals surface area contributed by atoms with Crippen LogP contribution >= 0.6 is 22.9 Å². The second-order valence-corrected chi connectivity index (χ2v) is 7.51. The second kappa shape index (κ2) is 7.89.